The Morgan fingerprint density at radius 1 is 1.17 bits per heavy atom. The zero-order valence-corrected chi connectivity index (χ0v) is 20.7. The Bertz CT molecular complexity index is 1330. The molecule has 1 fully saturated rings. The summed E-state index contributed by atoms with van der Waals surface area (Å²) in [6, 6.07) is 16.6. The van der Waals surface area contributed by atoms with Crippen LogP contribution >= 0.6 is 11.9 Å². The van der Waals surface area contributed by atoms with Crippen LogP contribution in [0.2, 0.25) is 0 Å². The highest BCUT2D eigenvalue weighted by molar-refractivity contribution is 8.01. The first kappa shape index (κ1) is 25.3. The second kappa shape index (κ2) is 11.3. The topological polar surface area (TPSA) is 150 Å². The van der Waals surface area contributed by atoms with E-state index in [9.17, 15) is 9.59 Å². The molecule has 2 amide bonds. The van der Waals surface area contributed by atoms with E-state index >= 15 is 0 Å². The van der Waals surface area contributed by atoms with Crippen molar-refractivity contribution in [3.8, 4) is 6.07 Å². The number of allylic oxidation sites excluding steroid dienone is 1. The van der Waals surface area contributed by atoms with Crippen molar-refractivity contribution in [2.24, 2.45) is 10.9 Å². The van der Waals surface area contributed by atoms with E-state index in [1.807, 2.05) is 24.3 Å². The molecule has 0 bridgehead atoms. The van der Waals surface area contributed by atoms with Gasteiger partial charge in [-0.3, -0.25) is 19.6 Å². The van der Waals surface area contributed by atoms with Crippen molar-refractivity contribution in [2.75, 3.05) is 18.4 Å². The molecule has 3 aromatic rings. The number of nitrogens with one attached hydrogen (secondary N) is 2. The van der Waals surface area contributed by atoms with Gasteiger partial charge in [-0.05, 0) is 73.7 Å². The molecule has 1 saturated heterocycles. The Balaban J connectivity index is 1.32. The number of likely N-dealkylation sites (tertiary alicyclic amines) is 1. The number of carbonyl (C=O) groups is 2. The van der Waals surface area contributed by atoms with Gasteiger partial charge < -0.3 is 20.8 Å². The number of carbonyl (C=O) groups excluding carboxylic acids is 2. The number of piperidine rings is 1. The predicted octanol–water partition coefficient (Wildman–Crippen LogP) is 3.43. The van der Waals surface area contributed by atoms with Crippen LogP contribution in [-0.4, -0.2) is 35.8 Å². The summed E-state index contributed by atoms with van der Waals surface area (Å²) >= 11 is 0.793. The standard InChI is InChI=1S/C26H28N6O3S/c1-16(28)24(36-29)26(34)31-21-6-7-22-19(12-21)13-23(35-22)25(33)30-20-8-10-32(11-9-20)15-18-4-2-17(14-27)3-5-18/h2-7,12-13,20H,8-11,15,28-29H2,1H3,(H,30,33)(H,31,34)/b24-16-. The molecule has 2 heterocycles. The maximum Gasteiger partial charge on any atom is 0.287 e. The molecule has 36 heavy (non-hydrogen) atoms. The summed E-state index contributed by atoms with van der Waals surface area (Å²) < 4.78 is 5.75. The fourth-order valence-electron chi connectivity index (χ4n) is 4.18. The smallest absolute Gasteiger partial charge is 0.287 e. The number of anilines is 1. The number of rotatable bonds is 7. The second-order valence-electron chi connectivity index (χ2n) is 8.78. The summed E-state index contributed by atoms with van der Waals surface area (Å²) in [7, 11) is 0. The minimum absolute atomic E-state index is 0.0660. The summed E-state index contributed by atoms with van der Waals surface area (Å²) in [4.78, 5) is 27.8. The number of fused-ring (bicyclic) bond motifs is 1. The van der Waals surface area contributed by atoms with Gasteiger partial charge in [-0.1, -0.05) is 12.1 Å². The van der Waals surface area contributed by atoms with Crippen molar-refractivity contribution in [1.82, 2.24) is 10.2 Å². The molecule has 0 atom stereocenters. The first-order valence-corrected chi connectivity index (χ1v) is 12.4. The fourth-order valence-corrected chi connectivity index (χ4v) is 4.53. The molecule has 4 rings (SSSR count). The third-order valence-electron chi connectivity index (χ3n) is 6.09. The number of nitriles is 1. The number of nitrogens with two attached hydrogens (primary N) is 2. The molecule has 10 heteroatoms. The van der Waals surface area contributed by atoms with Crippen LogP contribution in [0.1, 0.15) is 41.4 Å². The molecule has 1 aliphatic heterocycles. The van der Waals surface area contributed by atoms with Gasteiger partial charge in [-0.2, -0.15) is 5.26 Å². The van der Waals surface area contributed by atoms with Gasteiger partial charge in [-0.25, -0.2) is 0 Å². The Morgan fingerprint density at radius 2 is 1.89 bits per heavy atom. The molecule has 2 aromatic carbocycles. The SMILES string of the molecule is C/C(N)=C(/SN)C(=O)Nc1ccc2oc(C(=O)NC3CCN(Cc4ccc(C#N)cc4)CC3)cc2c1. The fraction of sp³-hybridized carbons (Fsp3) is 0.269. The molecule has 186 valence electrons. The van der Waals surface area contributed by atoms with Crippen LogP contribution < -0.4 is 21.5 Å². The number of furan rings is 1. The van der Waals surface area contributed by atoms with E-state index in [1.54, 1.807) is 31.2 Å². The molecule has 0 saturated carbocycles. The average Bonchev–Trinajstić information content (AvgIpc) is 3.29. The lowest BCUT2D eigenvalue weighted by atomic mass is 10.0. The van der Waals surface area contributed by atoms with E-state index in [1.165, 1.54) is 5.56 Å². The molecular formula is C26H28N6O3S. The van der Waals surface area contributed by atoms with Crippen LogP contribution in [0.15, 0.2) is 63.6 Å². The quantitative estimate of drug-likeness (QED) is 0.282. The molecule has 1 aromatic heterocycles. The highest BCUT2D eigenvalue weighted by atomic mass is 32.2. The van der Waals surface area contributed by atoms with Gasteiger partial charge in [0.25, 0.3) is 11.8 Å². The minimum atomic E-state index is -0.395. The van der Waals surface area contributed by atoms with E-state index in [0.717, 1.165) is 44.4 Å². The summed E-state index contributed by atoms with van der Waals surface area (Å²) in [6.07, 6.45) is 1.68. The largest absolute Gasteiger partial charge is 0.451 e. The van der Waals surface area contributed by atoms with Crippen molar-refractivity contribution in [3.05, 3.63) is 76.0 Å². The Morgan fingerprint density at radius 3 is 2.53 bits per heavy atom. The van der Waals surface area contributed by atoms with E-state index in [4.69, 9.17) is 20.6 Å². The van der Waals surface area contributed by atoms with E-state index in [0.29, 0.717) is 27.9 Å². The van der Waals surface area contributed by atoms with Gasteiger partial charge in [-0.15, -0.1) is 0 Å². The lowest BCUT2D eigenvalue weighted by molar-refractivity contribution is -0.112. The number of hydrogen-bond donors (Lipinski definition) is 4. The third-order valence-corrected chi connectivity index (χ3v) is 6.84. The van der Waals surface area contributed by atoms with Crippen molar-refractivity contribution < 1.29 is 14.0 Å². The van der Waals surface area contributed by atoms with Crippen molar-refractivity contribution in [2.45, 2.75) is 32.4 Å². The molecular weight excluding hydrogens is 476 g/mol. The highest BCUT2D eigenvalue weighted by Gasteiger charge is 2.23. The predicted molar refractivity (Wildman–Crippen MR) is 140 cm³/mol. The second-order valence-corrected chi connectivity index (χ2v) is 9.42. The van der Waals surface area contributed by atoms with E-state index < -0.39 is 5.91 Å². The highest BCUT2D eigenvalue weighted by Crippen LogP contribution is 2.25. The molecule has 0 unspecified atom stereocenters. The first-order valence-electron chi connectivity index (χ1n) is 11.6. The van der Waals surface area contributed by atoms with Crippen LogP contribution in [0.25, 0.3) is 11.0 Å². The summed E-state index contributed by atoms with van der Waals surface area (Å²) in [5.74, 6) is -0.427. The average molecular weight is 505 g/mol. The molecule has 1 aliphatic rings. The number of amides is 2. The molecule has 0 aliphatic carbocycles. The van der Waals surface area contributed by atoms with Gasteiger partial charge >= 0.3 is 0 Å². The van der Waals surface area contributed by atoms with Crippen molar-refractivity contribution >= 4 is 40.4 Å². The summed E-state index contributed by atoms with van der Waals surface area (Å²) in [5, 5.41) is 21.0. The Labute approximate surface area is 213 Å². The van der Waals surface area contributed by atoms with Crippen LogP contribution in [0.3, 0.4) is 0 Å². The van der Waals surface area contributed by atoms with E-state index in [-0.39, 0.29) is 22.6 Å². The maximum absolute atomic E-state index is 12.8. The van der Waals surface area contributed by atoms with Crippen molar-refractivity contribution in [1.29, 1.82) is 5.26 Å². The van der Waals surface area contributed by atoms with Gasteiger partial charge in [0.05, 0.1) is 11.6 Å². The monoisotopic (exact) mass is 504 g/mol. The normalized spacial score (nSPS) is 15.2. The van der Waals surface area contributed by atoms with Crippen LogP contribution in [-0.2, 0) is 11.3 Å². The maximum atomic E-state index is 12.8. The zero-order chi connectivity index (χ0) is 25.7. The molecule has 0 radical (unpaired) electrons. The minimum Gasteiger partial charge on any atom is -0.451 e. The van der Waals surface area contributed by atoms with Gasteiger partial charge in [0.1, 0.15) is 10.5 Å². The number of hydrogen-bond acceptors (Lipinski definition) is 8. The van der Waals surface area contributed by atoms with Crippen molar-refractivity contribution in [3.63, 3.8) is 0 Å². The lowest BCUT2D eigenvalue weighted by Crippen LogP contribution is -2.44. The van der Waals surface area contributed by atoms with Crippen LogP contribution in [0, 0.1) is 11.3 Å². The molecule has 6 N–H and O–H groups in total. The van der Waals surface area contributed by atoms with E-state index in [2.05, 4.69) is 21.6 Å². The number of nitrogens with zero attached hydrogens (tertiary/aromatic N) is 2. The van der Waals surface area contributed by atoms with Gasteiger partial charge in [0, 0.05) is 42.4 Å². The molecule has 9 nitrogen and oxygen atoms in total. The zero-order valence-electron chi connectivity index (χ0n) is 19.9. The summed E-state index contributed by atoms with van der Waals surface area (Å²) in [5.41, 5.74) is 8.96. The number of benzene rings is 2. The third kappa shape index (κ3) is 6.07. The Hall–Kier alpha value is -3.78. The lowest BCUT2D eigenvalue weighted by Gasteiger charge is -2.32. The Kier molecular flexibility index (Phi) is 7.95. The van der Waals surface area contributed by atoms with Crippen LogP contribution in [0.5, 0.6) is 0 Å². The molecule has 0 spiro atoms. The first-order chi connectivity index (χ1) is 17.4. The van der Waals surface area contributed by atoms with Gasteiger partial charge in [0.15, 0.2) is 5.76 Å². The van der Waals surface area contributed by atoms with Gasteiger partial charge in [0.2, 0.25) is 0 Å². The van der Waals surface area contributed by atoms with Crippen LogP contribution in [0.4, 0.5) is 5.69 Å². The summed E-state index contributed by atoms with van der Waals surface area (Å²) in [6.45, 7) is 4.17.